The molecule has 0 saturated carbocycles. The number of benzene rings is 6. The van der Waals surface area contributed by atoms with Crippen molar-refractivity contribution in [3.63, 3.8) is 0 Å². The number of imidazole rings is 1. The second-order valence-corrected chi connectivity index (χ2v) is 14.3. The van der Waals surface area contributed by atoms with E-state index in [1.165, 1.54) is 38.7 Å². The van der Waals surface area contributed by atoms with Crippen molar-refractivity contribution < 1.29 is 4.42 Å². The zero-order valence-electron chi connectivity index (χ0n) is 29.6. The van der Waals surface area contributed by atoms with E-state index >= 15 is 0 Å². The molecule has 0 radical (unpaired) electrons. The molecule has 3 heterocycles. The normalized spacial score (nSPS) is 12.0. The van der Waals surface area contributed by atoms with Crippen LogP contribution in [0.1, 0.15) is 56.2 Å². The van der Waals surface area contributed by atoms with Gasteiger partial charge in [0.1, 0.15) is 11.4 Å². The second-order valence-electron chi connectivity index (χ2n) is 14.3. The largest absolute Gasteiger partial charge is 0.437 e. The van der Waals surface area contributed by atoms with Crippen LogP contribution in [0.5, 0.6) is 0 Å². The van der Waals surface area contributed by atoms with Crippen molar-refractivity contribution in [1.82, 2.24) is 14.5 Å². The highest BCUT2D eigenvalue weighted by Gasteiger charge is 2.26. The molecule has 0 spiro atoms. The minimum atomic E-state index is 0.261. The van der Waals surface area contributed by atoms with Gasteiger partial charge >= 0.3 is 0 Å². The Bertz CT molecular complexity index is 2740. The maximum absolute atomic E-state index is 6.77. The number of para-hydroxylation sites is 2. The van der Waals surface area contributed by atoms with Gasteiger partial charge in [-0.05, 0) is 106 Å². The highest BCUT2D eigenvalue weighted by molar-refractivity contribution is 6.10. The van der Waals surface area contributed by atoms with Gasteiger partial charge in [-0.2, -0.15) is 0 Å². The third-order valence-corrected chi connectivity index (χ3v) is 10.3. The Labute approximate surface area is 298 Å². The van der Waals surface area contributed by atoms with E-state index in [-0.39, 0.29) is 11.8 Å². The molecule has 9 aromatic rings. The standard InChI is InChI=1S/C47H39N3O/c1-28(2)38-26-35(34-21-20-31-13-9-10-16-33(31)25-34)27-39(29(3)4)44(38)50-42-18-12-11-17-41(42)48-46(50)37-22-19-30(5)43-36-23-24-40(32-14-7-6-8-15-32)49-47(36)51-45(37)43/h6-29H,1-5H3. The van der Waals surface area contributed by atoms with E-state index in [0.717, 1.165) is 55.6 Å². The maximum Gasteiger partial charge on any atom is 0.227 e. The van der Waals surface area contributed by atoms with Crippen LogP contribution in [0, 0.1) is 6.92 Å². The molecule has 0 fully saturated rings. The molecule has 0 aliphatic carbocycles. The summed E-state index contributed by atoms with van der Waals surface area (Å²) in [5, 5.41) is 4.59. The fourth-order valence-corrected chi connectivity index (χ4v) is 7.66. The van der Waals surface area contributed by atoms with Crippen LogP contribution in [0.4, 0.5) is 0 Å². The van der Waals surface area contributed by atoms with E-state index in [2.05, 4.69) is 154 Å². The van der Waals surface area contributed by atoms with Crippen molar-refractivity contribution in [2.75, 3.05) is 0 Å². The number of furan rings is 1. The number of fused-ring (bicyclic) bond motifs is 5. The van der Waals surface area contributed by atoms with Gasteiger partial charge in [0.25, 0.3) is 0 Å². The Morgan fingerprint density at radius 3 is 2.06 bits per heavy atom. The lowest BCUT2D eigenvalue weighted by atomic mass is 9.87. The first-order chi connectivity index (χ1) is 24.9. The number of rotatable bonds is 6. The lowest BCUT2D eigenvalue weighted by Crippen LogP contribution is -2.09. The van der Waals surface area contributed by atoms with Crippen molar-refractivity contribution >= 4 is 43.9 Å². The molecule has 0 amide bonds. The van der Waals surface area contributed by atoms with E-state index in [1.807, 2.05) is 18.2 Å². The number of pyridine rings is 1. The van der Waals surface area contributed by atoms with E-state index in [0.29, 0.717) is 5.71 Å². The van der Waals surface area contributed by atoms with Crippen molar-refractivity contribution in [3.8, 4) is 39.5 Å². The summed E-state index contributed by atoms with van der Waals surface area (Å²) in [6.07, 6.45) is 0. The highest BCUT2D eigenvalue weighted by Crippen LogP contribution is 2.43. The lowest BCUT2D eigenvalue weighted by Gasteiger charge is -2.24. The van der Waals surface area contributed by atoms with Gasteiger partial charge < -0.3 is 4.42 Å². The van der Waals surface area contributed by atoms with Gasteiger partial charge in [-0.25, -0.2) is 9.97 Å². The van der Waals surface area contributed by atoms with Crippen LogP contribution < -0.4 is 0 Å². The Kier molecular flexibility index (Phi) is 7.36. The van der Waals surface area contributed by atoms with E-state index in [1.54, 1.807) is 0 Å². The fraction of sp³-hybridized carbons (Fsp3) is 0.149. The Morgan fingerprint density at radius 1 is 0.588 bits per heavy atom. The average molecular weight is 662 g/mol. The predicted molar refractivity (Wildman–Crippen MR) is 213 cm³/mol. The predicted octanol–water partition coefficient (Wildman–Crippen LogP) is 13.0. The summed E-state index contributed by atoms with van der Waals surface area (Å²) in [6, 6.07) is 47.5. The Hall–Kier alpha value is -6.00. The molecule has 3 aromatic heterocycles. The number of aromatic nitrogens is 3. The van der Waals surface area contributed by atoms with Crippen molar-refractivity contribution in [3.05, 3.63) is 150 Å². The van der Waals surface area contributed by atoms with Gasteiger partial charge in [0.2, 0.25) is 5.71 Å². The van der Waals surface area contributed by atoms with Crippen molar-refractivity contribution in [1.29, 1.82) is 0 Å². The van der Waals surface area contributed by atoms with Gasteiger partial charge in [-0.3, -0.25) is 4.57 Å². The molecule has 4 nitrogen and oxygen atoms in total. The van der Waals surface area contributed by atoms with E-state index < -0.39 is 0 Å². The molecule has 0 atom stereocenters. The second kappa shape index (κ2) is 12.1. The summed E-state index contributed by atoms with van der Waals surface area (Å²) in [4.78, 5) is 10.4. The molecule has 0 aliphatic rings. The zero-order chi connectivity index (χ0) is 34.8. The first-order valence-electron chi connectivity index (χ1n) is 17.9. The monoisotopic (exact) mass is 661 g/mol. The van der Waals surface area contributed by atoms with E-state index in [9.17, 15) is 0 Å². The average Bonchev–Trinajstić information content (AvgIpc) is 3.73. The minimum absolute atomic E-state index is 0.261. The number of aryl methyl sites for hydroxylation is 1. The van der Waals surface area contributed by atoms with Crippen LogP contribution in [0.3, 0.4) is 0 Å². The lowest BCUT2D eigenvalue weighted by molar-refractivity contribution is 0.655. The summed E-state index contributed by atoms with van der Waals surface area (Å²) < 4.78 is 9.16. The van der Waals surface area contributed by atoms with Gasteiger partial charge in [-0.1, -0.05) is 113 Å². The molecular formula is C47H39N3O. The Morgan fingerprint density at radius 2 is 1.29 bits per heavy atom. The molecular weight excluding hydrogens is 623 g/mol. The summed E-state index contributed by atoms with van der Waals surface area (Å²) >= 11 is 0. The van der Waals surface area contributed by atoms with Gasteiger partial charge in [0.05, 0.1) is 28.0 Å². The summed E-state index contributed by atoms with van der Waals surface area (Å²) in [7, 11) is 0. The topological polar surface area (TPSA) is 43.9 Å². The molecule has 0 N–H and O–H groups in total. The highest BCUT2D eigenvalue weighted by atomic mass is 16.3. The maximum atomic E-state index is 6.77. The van der Waals surface area contributed by atoms with E-state index in [4.69, 9.17) is 14.4 Å². The van der Waals surface area contributed by atoms with Crippen LogP contribution in [-0.4, -0.2) is 14.5 Å². The van der Waals surface area contributed by atoms with Gasteiger partial charge in [0.15, 0.2) is 0 Å². The third kappa shape index (κ3) is 5.13. The molecule has 0 bridgehead atoms. The Balaban J connectivity index is 1.31. The van der Waals surface area contributed by atoms with Crippen LogP contribution >= 0.6 is 0 Å². The molecule has 9 rings (SSSR count). The van der Waals surface area contributed by atoms with Crippen molar-refractivity contribution in [2.24, 2.45) is 0 Å². The van der Waals surface area contributed by atoms with Gasteiger partial charge in [-0.15, -0.1) is 0 Å². The quantitative estimate of drug-likeness (QED) is 0.178. The number of hydrogen-bond donors (Lipinski definition) is 0. The van der Waals surface area contributed by atoms with Gasteiger partial charge in [0, 0.05) is 16.3 Å². The molecule has 248 valence electrons. The third-order valence-electron chi connectivity index (χ3n) is 10.3. The van der Waals surface area contributed by atoms with Crippen LogP contribution in [0.25, 0.3) is 83.3 Å². The molecule has 4 heteroatoms. The number of hydrogen-bond acceptors (Lipinski definition) is 3. The summed E-state index contributed by atoms with van der Waals surface area (Å²) in [5.74, 6) is 1.39. The molecule has 6 aromatic carbocycles. The first-order valence-corrected chi connectivity index (χ1v) is 17.9. The molecule has 0 saturated heterocycles. The number of nitrogens with zero attached hydrogens (tertiary/aromatic N) is 3. The smallest absolute Gasteiger partial charge is 0.227 e. The zero-order valence-corrected chi connectivity index (χ0v) is 29.6. The van der Waals surface area contributed by atoms with Crippen LogP contribution in [-0.2, 0) is 0 Å². The first kappa shape index (κ1) is 31.0. The molecule has 0 aliphatic heterocycles. The summed E-state index contributed by atoms with van der Waals surface area (Å²) in [5.41, 5.74) is 13.8. The SMILES string of the molecule is Cc1ccc(-c2nc3ccccc3n2-c2c(C(C)C)cc(-c3ccc4ccccc4c3)cc2C(C)C)c2oc3nc(-c4ccccc4)ccc3c12. The van der Waals surface area contributed by atoms with Crippen LogP contribution in [0.2, 0.25) is 0 Å². The van der Waals surface area contributed by atoms with Crippen molar-refractivity contribution in [2.45, 2.75) is 46.5 Å². The fourth-order valence-electron chi connectivity index (χ4n) is 7.66. The molecule has 51 heavy (non-hydrogen) atoms. The molecule has 0 unspecified atom stereocenters. The minimum Gasteiger partial charge on any atom is -0.437 e. The summed E-state index contributed by atoms with van der Waals surface area (Å²) in [6.45, 7) is 11.3. The van der Waals surface area contributed by atoms with Crippen LogP contribution in [0.15, 0.2) is 138 Å².